The molecule has 1 rings (SSSR count). The van der Waals surface area contributed by atoms with Crippen LogP contribution in [0.15, 0.2) is 17.1 Å². The number of hydrogen-bond donors (Lipinski definition) is 3. The van der Waals surface area contributed by atoms with Gasteiger partial charge in [0.15, 0.2) is 5.96 Å². The van der Waals surface area contributed by atoms with E-state index in [4.69, 9.17) is 11.5 Å². The minimum absolute atomic E-state index is 0.0839. The maximum absolute atomic E-state index is 13.5. The fourth-order valence-electron chi connectivity index (χ4n) is 1.33. The molecular formula is C10H13FN4O. The van der Waals surface area contributed by atoms with Crippen molar-refractivity contribution in [3.05, 3.63) is 29.1 Å². The average Bonchev–Trinajstić information content (AvgIpc) is 2.09. The maximum Gasteiger partial charge on any atom is 0.348 e. The minimum Gasteiger partial charge on any atom is -0.370 e. The van der Waals surface area contributed by atoms with Gasteiger partial charge in [0.25, 0.3) is 0 Å². The first kappa shape index (κ1) is 12.0. The lowest BCUT2D eigenvalue weighted by Crippen LogP contribution is -2.25. The van der Waals surface area contributed by atoms with Gasteiger partial charge < -0.3 is 16.8 Å². The number of nitrogens with two attached hydrogens (primary N) is 2. The number of halogens is 1. The van der Waals surface area contributed by atoms with Crippen LogP contribution in [0.4, 0.5) is 14.9 Å². The first-order valence-corrected chi connectivity index (χ1v) is 4.57. The van der Waals surface area contributed by atoms with Gasteiger partial charge in [0.2, 0.25) is 0 Å². The van der Waals surface area contributed by atoms with Gasteiger partial charge in [0.1, 0.15) is 5.82 Å². The molecule has 0 unspecified atom stereocenters. The van der Waals surface area contributed by atoms with E-state index in [1.807, 2.05) is 0 Å². The van der Waals surface area contributed by atoms with E-state index in [9.17, 15) is 9.18 Å². The zero-order valence-electron chi connectivity index (χ0n) is 9.04. The van der Waals surface area contributed by atoms with Gasteiger partial charge in [0, 0.05) is 0 Å². The van der Waals surface area contributed by atoms with Crippen molar-refractivity contribution in [2.24, 2.45) is 16.5 Å². The summed E-state index contributed by atoms with van der Waals surface area (Å²) in [7, 11) is 0. The summed E-state index contributed by atoms with van der Waals surface area (Å²) < 4.78 is 13.5. The summed E-state index contributed by atoms with van der Waals surface area (Å²) in [6, 6.07) is 2.26. The molecule has 0 fully saturated rings. The number of nitrogens with one attached hydrogen (secondary N) is 1. The Morgan fingerprint density at radius 1 is 1.38 bits per heavy atom. The molecule has 86 valence electrons. The standard InChI is InChI=1S/C10H13FN4O/c1-5-3-6(2)8(7(11)4-5)14-10(16)15-9(12)13/h3-4H,1-2H3,(H5,12,13,14,15,16). The molecule has 0 radical (unpaired) electrons. The monoisotopic (exact) mass is 224 g/mol. The molecule has 0 aliphatic carbocycles. The molecular weight excluding hydrogens is 211 g/mol. The maximum atomic E-state index is 13.5. The van der Waals surface area contributed by atoms with Crippen LogP contribution in [0, 0.1) is 19.7 Å². The second kappa shape index (κ2) is 4.61. The lowest BCUT2D eigenvalue weighted by molar-refractivity contribution is 0.259. The van der Waals surface area contributed by atoms with Crippen molar-refractivity contribution in [2.45, 2.75) is 13.8 Å². The summed E-state index contributed by atoms with van der Waals surface area (Å²) in [5, 5.41) is 2.28. The van der Waals surface area contributed by atoms with Crippen LogP contribution in [0.3, 0.4) is 0 Å². The number of nitrogens with zero attached hydrogens (tertiary/aromatic N) is 1. The highest BCUT2D eigenvalue weighted by molar-refractivity contribution is 5.98. The molecule has 5 N–H and O–H groups in total. The number of amides is 2. The van der Waals surface area contributed by atoms with Crippen LogP contribution in [0.5, 0.6) is 0 Å². The van der Waals surface area contributed by atoms with Crippen molar-refractivity contribution >= 4 is 17.7 Å². The molecule has 1 aromatic rings. The molecule has 2 amide bonds. The van der Waals surface area contributed by atoms with Crippen molar-refractivity contribution in [1.29, 1.82) is 0 Å². The molecule has 6 heteroatoms. The van der Waals surface area contributed by atoms with Crippen LogP contribution in [-0.4, -0.2) is 12.0 Å². The van der Waals surface area contributed by atoms with E-state index >= 15 is 0 Å². The van der Waals surface area contributed by atoms with Crippen molar-refractivity contribution in [1.82, 2.24) is 0 Å². The average molecular weight is 224 g/mol. The molecule has 0 aliphatic heterocycles. The lowest BCUT2D eigenvalue weighted by atomic mass is 10.1. The summed E-state index contributed by atoms with van der Waals surface area (Å²) in [5.41, 5.74) is 11.5. The van der Waals surface area contributed by atoms with Gasteiger partial charge in [0.05, 0.1) is 5.69 Å². The summed E-state index contributed by atoms with van der Waals surface area (Å²) >= 11 is 0. The SMILES string of the molecule is Cc1cc(C)c(NC(=O)N=C(N)N)c(F)c1. The van der Waals surface area contributed by atoms with E-state index in [0.717, 1.165) is 5.56 Å². The van der Waals surface area contributed by atoms with Gasteiger partial charge in [-0.1, -0.05) is 6.07 Å². The number of carbonyl (C=O) groups excluding carboxylic acids is 1. The van der Waals surface area contributed by atoms with Crippen LogP contribution >= 0.6 is 0 Å². The van der Waals surface area contributed by atoms with E-state index < -0.39 is 11.8 Å². The van der Waals surface area contributed by atoms with Crippen LogP contribution in [0.1, 0.15) is 11.1 Å². The fraction of sp³-hybridized carbons (Fsp3) is 0.200. The molecule has 0 heterocycles. The Morgan fingerprint density at radius 2 is 2.00 bits per heavy atom. The van der Waals surface area contributed by atoms with Gasteiger partial charge in [-0.05, 0) is 31.0 Å². The quantitative estimate of drug-likeness (QED) is 0.495. The highest BCUT2D eigenvalue weighted by Crippen LogP contribution is 2.21. The third-order valence-corrected chi connectivity index (χ3v) is 1.89. The molecule has 0 saturated carbocycles. The molecule has 0 bridgehead atoms. The normalized spacial score (nSPS) is 9.69. The number of rotatable bonds is 1. The second-order valence-corrected chi connectivity index (χ2v) is 3.41. The molecule has 0 atom stereocenters. The van der Waals surface area contributed by atoms with Crippen LogP contribution < -0.4 is 16.8 Å². The number of hydrogen-bond acceptors (Lipinski definition) is 1. The first-order chi connectivity index (χ1) is 7.40. The highest BCUT2D eigenvalue weighted by atomic mass is 19.1. The molecule has 0 aliphatic rings. The minimum atomic E-state index is -0.800. The lowest BCUT2D eigenvalue weighted by Gasteiger charge is -2.08. The number of carbonyl (C=O) groups is 1. The molecule has 0 spiro atoms. The highest BCUT2D eigenvalue weighted by Gasteiger charge is 2.09. The number of anilines is 1. The van der Waals surface area contributed by atoms with E-state index in [1.165, 1.54) is 6.07 Å². The molecule has 0 saturated heterocycles. The Kier molecular flexibility index (Phi) is 3.44. The van der Waals surface area contributed by atoms with Crippen LogP contribution in [0.2, 0.25) is 0 Å². The number of aryl methyl sites for hydroxylation is 2. The van der Waals surface area contributed by atoms with Crippen LogP contribution in [-0.2, 0) is 0 Å². The first-order valence-electron chi connectivity index (χ1n) is 4.57. The Bertz CT molecular complexity index is 429. The van der Waals surface area contributed by atoms with Gasteiger partial charge >= 0.3 is 6.03 Å². The number of aliphatic imine (C=N–C) groups is 1. The molecule has 5 nitrogen and oxygen atoms in total. The Labute approximate surface area is 92.3 Å². The van der Waals surface area contributed by atoms with Gasteiger partial charge in [-0.15, -0.1) is 0 Å². The van der Waals surface area contributed by atoms with Gasteiger partial charge in [-0.3, -0.25) is 0 Å². The summed E-state index contributed by atoms with van der Waals surface area (Å²) in [6.07, 6.45) is 0. The van der Waals surface area contributed by atoms with Crippen molar-refractivity contribution in [2.75, 3.05) is 5.32 Å². The van der Waals surface area contributed by atoms with E-state index in [0.29, 0.717) is 5.56 Å². The van der Waals surface area contributed by atoms with Gasteiger partial charge in [-0.25, -0.2) is 9.18 Å². The van der Waals surface area contributed by atoms with Crippen molar-refractivity contribution < 1.29 is 9.18 Å². The second-order valence-electron chi connectivity index (χ2n) is 3.41. The topological polar surface area (TPSA) is 93.5 Å². The van der Waals surface area contributed by atoms with E-state index in [-0.39, 0.29) is 11.6 Å². The fourth-order valence-corrected chi connectivity index (χ4v) is 1.33. The molecule has 0 aromatic heterocycles. The van der Waals surface area contributed by atoms with Crippen LogP contribution in [0.25, 0.3) is 0 Å². The van der Waals surface area contributed by atoms with Crippen molar-refractivity contribution in [3.63, 3.8) is 0 Å². The summed E-state index contributed by atoms with van der Waals surface area (Å²) in [4.78, 5) is 14.4. The Morgan fingerprint density at radius 3 is 2.50 bits per heavy atom. The number of benzene rings is 1. The zero-order valence-corrected chi connectivity index (χ0v) is 9.04. The smallest absolute Gasteiger partial charge is 0.348 e. The van der Waals surface area contributed by atoms with E-state index in [2.05, 4.69) is 10.3 Å². The molecule has 1 aromatic carbocycles. The largest absolute Gasteiger partial charge is 0.370 e. The third kappa shape index (κ3) is 2.94. The zero-order chi connectivity index (χ0) is 12.3. The summed E-state index contributed by atoms with van der Waals surface area (Å²) in [5.74, 6) is -0.890. The number of guanidine groups is 1. The Balaban J connectivity index is 2.98. The van der Waals surface area contributed by atoms with E-state index in [1.54, 1.807) is 19.9 Å². The van der Waals surface area contributed by atoms with Gasteiger partial charge in [-0.2, -0.15) is 4.99 Å². The predicted octanol–water partition coefficient (Wildman–Crippen LogP) is 1.25. The molecule has 16 heavy (non-hydrogen) atoms. The number of urea groups is 1. The van der Waals surface area contributed by atoms with Crippen molar-refractivity contribution in [3.8, 4) is 0 Å². The Hall–Kier alpha value is -2.11. The third-order valence-electron chi connectivity index (χ3n) is 1.89. The summed E-state index contributed by atoms with van der Waals surface area (Å²) in [6.45, 7) is 3.44. The predicted molar refractivity (Wildman–Crippen MR) is 60.7 cm³/mol.